The van der Waals surface area contributed by atoms with E-state index >= 15 is 0 Å². The van der Waals surface area contributed by atoms with Gasteiger partial charge in [0, 0.05) is 24.9 Å². The number of nitrogens with one attached hydrogen (secondary N) is 1. The first kappa shape index (κ1) is 14.0. The zero-order chi connectivity index (χ0) is 12.5. The van der Waals surface area contributed by atoms with E-state index < -0.39 is 0 Å². The second kappa shape index (κ2) is 8.07. The predicted molar refractivity (Wildman–Crippen MR) is 72.1 cm³/mol. The molecule has 0 aromatic carbocycles. The van der Waals surface area contributed by atoms with E-state index in [1.54, 1.807) is 6.20 Å². The first-order chi connectivity index (χ1) is 8.24. The number of hydrogen-bond acceptors (Lipinski definition) is 3. The third kappa shape index (κ3) is 5.68. The average molecular weight is 236 g/mol. The molecule has 1 heterocycles. The highest BCUT2D eigenvalue weighted by Crippen LogP contribution is 2.13. The van der Waals surface area contributed by atoms with Crippen molar-refractivity contribution >= 4 is 5.82 Å². The lowest BCUT2D eigenvalue weighted by Gasteiger charge is -2.10. The molecule has 0 atom stereocenters. The molecule has 0 aliphatic rings. The van der Waals surface area contributed by atoms with Crippen LogP contribution in [0, 0.1) is 5.92 Å². The molecular formula is C14H24N2O. The van der Waals surface area contributed by atoms with Crippen LogP contribution in [-0.2, 0) is 11.3 Å². The summed E-state index contributed by atoms with van der Waals surface area (Å²) < 4.78 is 5.68. The standard InChI is InChI=1S/C14H24N2O/c1-4-15-14-13(8-5-9-16-14)11-17-10-6-7-12(2)3/h5,8-9,12H,4,6-7,10-11H2,1-3H3,(H,15,16). The molecular weight excluding hydrogens is 212 g/mol. The van der Waals surface area contributed by atoms with Gasteiger partial charge in [0.2, 0.25) is 0 Å². The SMILES string of the molecule is CCNc1ncccc1COCCCC(C)C. The van der Waals surface area contributed by atoms with Crippen LogP contribution in [0.25, 0.3) is 0 Å². The van der Waals surface area contributed by atoms with Crippen molar-refractivity contribution < 1.29 is 4.74 Å². The molecule has 0 amide bonds. The Kier molecular flexibility index (Phi) is 6.63. The zero-order valence-corrected chi connectivity index (χ0v) is 11.2. The van der Waals surface area contributed by atoms with Gasteiger partial charge in [-0.3, -0.25) is 0 Å². The van der Waals surface area contributed by atoms with Crippen LogP contribution in [0.1, 0.15) is 39.2 Å². The van der Waals surface area contributed by atoms with Crippen LogP contribution >= 0.6 is 0 Å². The molecule has 96 valence electrons. The van der Waals surface area contributed by atoms with Crippen molar-refractivity contribution in [3.05, 3.63) is 23.9 Å². The van der Waals surface area contributed by atoms with E-state index in [-0.39, 0.29) is 0 Å². The first-order valence-corrected chi connectivity index (χ1v) is 6.49. The summed E-state index contributed by atoms with van der Waals surface area (Å²) in [5.74, 6) is 1.70. The number of pyridine rings is 1. The van der Waals surface area contributed by atoms with Crippen molar-refractivity contribution in [2.75, 3.05) is 18.5 Å². The van der Waals surface area contributed by atoms with Gasteiger partial charge in [-0.1, -0.05) is 19.9 Å². The lowest BCUT2D eigenvalue weighted by molar-refractivity contribution is 0.115. The molecule has 0 spiro atoms. The smallest absolute Gasteiger partial charge is 0.131 e. The van der Waals surface area contributed by atoms with Gasteiger partial charge >= 0.3 is 0 Å². The Labute approximate surface area is 105 Å². The summed E-state index contributed by atoms with van der Waals surface area (Å²) in [7, 11) is 0. The highest BCUT2D eigenvalue weighted by molar-refractivity contribution is 5.42. The van der Waals surface area contributed by atoms with Crippen molar-refractivity contribution in [2.45, 2.75) is 40.2 Å². The molecule has 0 bridgehead atoms. The lowest BCUT2D eigenvalue weighted by Crippen LogP contribution is -2.05. The predicted octanol–water partition coefficient (Wildman–Crippen LogP) is 3.47. The molecule has 0 saturated heterocycles. The van der Waals surface area contributed by atoms with Gasteiger partial charge in [-0.2, -0.15) is 0 Å². The second-order valence-corrected chi connectivity index (χ2v) is 4.63. The summed E-state index contributed by atoms with van der Waals surface area (Å²) in [6.45, 7) is 8.92. The number of ether oxygens (including phenoxy) is 1. The fourth-order valence-electron chi connectivity index (χ4n) is 1.66. The molecule has 1 aromatic heterocycles. The Morgan fingerprint density at radius 1 is 1.41 bits per heavy atom. The Balaban J connectivity index is 2.30. The Morgan fingerprint density at radius 3 is 2.94 bits per heavy atom. The van der Waals surface area contributed by atoms with E-state index in [2.05, 4.69) is 37.1 Å². The van der Waals surface area contributed by atoms with Crippen molar-refractivity contribution in [3.8, 4) is 0 Å². The molecule has 0 unspecified atom stereocenters. The highest BCUT2D eigenvalue weighted by Gasteiger charge is 2.02. The maximum Gasteiger partial charge on any atom is 0.131 e. The maximum atomic E-state index is 5.68. The van der Waals surface area contributed by atoms with Crippen LogP contribution in [0.5, 0.6) is 0 Å². The third-order valence-electron chi connectivity index (χ3n) is 2.56. The average Bonchev–Trinajstić information content (AvgIpc) is 2.31. The molecule has 17 heavy (non-hydrogen) atoms. The molecule has 1 N–H and O–H groups in total. The minimum absolute atomic E-state index is 0.647. The maximum absolute atomic E-state index is 5.68. The monoisotopic (exact) mass is 236 g/mol. The van der Waals surface area contributed by atoms with E-state index in [0.717, 1.165) is 36.9 Å². The van der Waals surface area contributed by atoms with E-state index in [4.69, 9.17) is 4.74 Å². The number of nitrogens with zero attached hydrogens (tertiary/aromatic N) is 1. The van der Waals surface area contributed by atoms with Gasteiger partial charge in [-0.25, -0.2) is 4.98 Å². The minimum Gasteiger partial charge on any atom is -0.377 e. The van der Waals surface area contributed by atoms with Gasteiger partial charge in [0.05, 0.1) is 6.61 Å². The van der Waals surface area contributed by atoms with Gasteiger partial charge in [0.25, 0.3) is 0 Å². The molecule has 3 nitrogen and oxygen atoms in total. The molecule has 0 aliphatic carbocycles. The summed E-state index contributed by atoms with van der Waals surface area (Å²) in [6, 6.07) is 4.01. The van der Waals surface area contributed by atoms with Gasteiger partial charge in [0.1, 0.15) is 5.82 Å². The van der Waals surface area contributed by atoms with Crippen molar-refractivity contribution in [3.63, 3.8) is 0 Å². The molecule has 0 aliphatic heterocycles. The third-order valence-corrected chi connectivity index (χ3v) is 2.56. The number of hydrogen-bond donors (Lipinski definition) is 1. The minimum atomic E-state index is 0.647. The van der Waals surface area contributed by atoms with Gasteiger partial charge in [0.15, 0.2) is 0 Å². The highest BCUT2D eigenvalue weighted by atomic mass is 16.5. The summed E-state index contributed by atoms with van der Waals surface area (Å²) in [4.78, 5) is 4.30. The second-order valence-electron chi connectivity index (χ2n) is 4.63. The lowest BCUT2D eigenvalue weighted by atomic mass is 10.1. The fourth-order valence-corrected chi connectivity index (χ4v) is 1.66. The van der Waals surface area contributed by atoms with Crippen molar-refractivity contribution in [1.82, 2.24) is 4.98 Å². The zero-order valence-electron chi connectivity index (χ0n) is 11.2. The summed E-state index contributed by atoms with van der Waals surface area (Å²) >= 11 is 0. The number of rotatable bonds is 8. The quantitative estimate of drug-likeness (QED) is 0.702. The Hall–Kier alpha value is -1.09. The molecule has 1 rings (SSSR count). The van der Waals surface area contributed by atoms with Crippen molar-refractivity contribution in [1.29, 1.82) is 0 Å². The van der Waals surface area contributed by atoms with E-state index in [1.807, 2.05) is 6.07 Å². The van der Waals surface area contributed by atoms with Crippen LogP contribution in [0.4, 0.5) is 5.82 Å². The number of aromatic nitrogens is 1. The van der Waals surface area contributed by atoms with E-state index in [0.29, 0.717) is 6.61 Å². The largest absolute Gasteiger partial charge is 0.377 e. The fraction of sp³-hybridized carbons (Fsp3) is 0.643. The summed E-state index contributed by atoms with van der Waals surface area (Å²) in [5.41, 5.74) is 1.14. The normalized spacial score (nSPS) is 10.8. The Morgan fingerprint density at radius 2 is 2.24 bits per heavy atom. The van der Waals surface area contributed by atoms with Crippen LogP contribution in [0.2, 0.25) is 0 Å². The van der Waals surface area contributed by atoms with Gasteiger partial charge in [-0.15, -0.1) is 0 Å². The molecule has 0 fully saturated rings. The molecule has 0 saturated carbocycles. The summed E-state index contributed by atoms with van der Waals surface area (Å²) in [6.07, 6.45) is 4.17. The van der Waals surface area contributed by atoms with Gasteiger partial charge in [-0.05, 0) is 31.7 Å². The van der Waals surface area contributed by atoms with Crippen LogP contribution in [0.15, 0.2) is 18.3 Å². The van der Waals surface area contributed by atoms with Crippen LogP contribution < -0.4 is 5.32 Å². The molecule has 0 radical (unpaired) electrons. The van der Waals surface area contributed by atoms with Crippen LogP contribution in [0.3, 0.4) is 0 Å². The van der Waals surface area contributed by atoms with Crippen LogP contribution in [-0.4, -0.2) is 18.1 Å². The molecule has 1 aromatic rings. The Bertz CT molecular complexity index is 313. The topological polar surface area (TPSA) is 34.2 Å². The first-order valence-electron chi connectivity index (χ1n) is 6.49. The van der Waals surface area contributed by atoms with Gasteiger partial charge < -0.3 is 10.1 Å². The number of anilines is 1. The van der Waals surface area contributed by atoms with E-state index in [9.17, 15) is 0 Å². The molecule has 3 heteroatoms. The summed E-state index contributed by atoms with van der Waals surface area (Å²) in [5, 5.41) is 3.24. The van der Waals surface area contributed by atoms with E-state index in [1.165, 1.54) is 6.42 Å². The van der Waals surface area contributed by atoms with Crippen molar-refractivity contribution in [2.24, 2.45) is 5.92 Å².